The number of hydrogen-bond acceptors (Lipinski definition) is 5. The lowest BCUT2D eigenvalue weighted by Crippen LogP contribution is -2.11. The SMILES string of the molecule is NC(=O)CCCCNc1ccc(C(=O)O)nn1. The van der Waals surface area contributed by atoms with E-state index in [0.717, 1.165) is 6.42 Å². The third-order valence-electron chi connectivity index (χ3n) is 2.04. The summed E-state index contributed by atoms with van der Waals surface area (Å²) in [6, 6.07) is 2.92. The number of aromatic carboxylic acids is 1. The number of rotatable bonds is 7. The van der Waals surface area contributed by atoms with Gasteiger partial charge in [-0.2, -0.15) is 0 Å². The van der Waals surface area contributed by atoms with Gasteiger partial charge in [0.15, 0.2) is 5.69 Å². The third-order valence-corrected chi connectivity index (χ3v) is 2.04. The first kappa shape index (κ1) is 12.9. The summed E-state index contributed by atoms with van der Waals surface area (Å²) in [6.07, 6.45) is 1.86. The zero-order valence-electron chi connectivity index (χ0n) is 9.22. The second-order valence-corrected chi connectivity index (χ2v) is 3.46. The Morgan fingerprint density at radius 2 is 2.06 bits per heavy atom. The number of nitrogens with zero attached hydrogens (tertiary/aromatic N) is 2. The van der Waals surface area contributed by atoms with Crippen LogP contribution in [0, 0.1) is 0 Å². The highest BCUT2D eigenvalue weighted by atomic mass is 16.4. The summed E-state index contributed by atoms with van der Waals surface area (Å²) >= 11 is 0. The summed E-state index contributed by atoms with van der Waals surface area (Å²) in [4.78, 5) is 21.0. The molecule has 0 unspecified atom stereocenters. The molecule has 1 heterocycles. The molecule has 0 saturated carbocycles. The van der Waals surface area contributed by atoms with Crippen LogP contribution < -0.4 is 11.1 Å². The first-order valence-corrected chi connectivity index (χ1v) is 5.19. The molecule has 1 rings (SSSR count). The predicted octanol–water partition coefficient (Wildman–Crippen LogP) is 0.242. The summed E-state index contributed by atoms with van der Waals surface area (Å²) in [5.74, 6) is -0.907. The van der Waals surface area contributed by atoms with Gasteiger partial charge in [0.1, 0.15) is 5.82 Å². The number of amides is 1. The van der Waals surface area contributed by atoms with E-state index in [1.54, 1.807) is 6.07 Å². The lowest BCUT2D eigenvalue weighted by Gasteiger charge is -2.03. The predicted molar refractivity (Wildman–Crippen MR) is 60.5 cm³/mol. The molecule has 4 N–H and O–H groups in total. The molecule has 0 saturated heterocycles. The fraction of sp³-hybridized carbons (Fsp3) is 0.400. The minimum atomic E-state index is -1.11. The number of aromatic nitrogens is 2. The number of carboxylic acid groups (broad SMARTS) is 1. The van der Waals surface area contributed by atoms with Crippen LogP contribution in [0.3, 0.4) is 0 Å². The van der Waals surface area contributed by atoms with E-state index in [2.05, 4.69) is 15.5 Å². The van der Waals surface area contributed by atoms with Crippen molar-refractivity contribution in [2.45, 2.75) is 19.3 Å². The number of nitrogens with two attached hydrogens (primary N) is 1. The van der Waals surface area contributed by atoms with E-state index >= 15 is 0 Å². The number of carbonyl (C=O) groups is 2. The first-order chi connectivity index (χ1) is 8.09. The molecule has 0 bridgehead atoms. The molecule has 0 aliphatic rings. The van der Waals surface area contributed by atoms with Crippen LogP contribution in [0.4, 0.5) is 5.82 Å². The Balaban J connectivity index is 2.27. The van der Waals surface area contributed by atoms with Crippen molar-refractivity contribution in [2.24, 2.45) is 5.73 Å². The smallest absolute Gasteiger partial charge is 0.356 e. The second-order valence-electron chi connectivity index (χ2n) is 3.46. The Morgan fingerprint density at radius 3 is 2.59 bits per heavy atom. The zero-order chi connectivity index (χ0) is 12.7. The van der Waals surface area contributed by atoms with Gasteiger partial charge in [0.2, 0.25) is 5.91 Å². The van der Waals surface area contributed by atoms with Crippen LogP contribution >= 0.6 is 0 Å². The van der Waals surface area contributed by atoms with Gasteiger partial charge in [-0.1, -0.05) is 0 Å². The minimum Gasteiger partial charge on any atom is -0.476 e. The molecule has 0 atom stereocenters. The molecule has 92 valence electrons. The molecule has 0 aliphatic carbocycles. The van der Waals surface area contributed by atoms with Crippen molar-refractivity contribution in [3.8, 4) is 0 Å². The van der Waals surface area contributed by atoms with Gasteiger partial charge < -0.3 is 16.2 Å². The number of carbonyl (C=O) groups excluding carboxylic acids is 1. The van der Waals surface area contributed by atoms with E-state index < -0.39 is 5.97 Å². The Kier molecular flexibility index (Phi) is 4.86. The molecule has 0 aliphatic heterocycles. The summed E-state index contributed by atoms with van der Waals surface area (Å²) in [5, 5.41) is 18.8. The largest absolute Gasteiger partial charge is 0.476 e. The van der Waals surface area contributed by atoms with Crippen LogP contribution in [0.1, 0.15) is 29.8 Å². The summed E-state index contributed by atoms with van der Waals surface area (Å²) < 4.78 is 0. The maximum absolute atomic E-state index is 10.5. The molecule has 1 aromatic heterocycles. The van der Waals surface area contributed by atoms with Gasteiger partial charge in [-0.3, -0.25) is 4.79 Å². The van der Waals surface area contributed by atoms with Crippen LogP contribution in [-0.4, -0.2) is 33.7 Å². The van der Waals surface area contributed by atoms with Crippen LogP contribution in [0.5, 0.6) is 0 Å². The maximum atomic E-state index is 10.5. The topological polar surface area (TPSA) is 118 Å². The van der Waals surface area contributed by atoms with Crippen molar-refractivity contribution >= 4 is 17.7 Å². The highest BCUT2D eigenvalue weighted by Gasteiger charge is 2.04. The van der Waals surface area contributed by atoms with Crippen molar-refractivity contribution in [3.63, 3.8) is 0 Å². The Hall–Kier alpha value is -2.18. The van der Waals surface area contributed by atoms with Gasteiger partial charge in [0.25, 0.3) is 0 Å². The van der Waals surface area contributed by atoms with Gasteiger partial charge in [-0.15, -0.1) is 10.2 Å². The van der Waals surface area contributed by atoms with Crippen LogP contribution in [0.2, 0.25) is 0 Å². The van der Waals surface area contributed by atoms with Gasteiger partial charge in [-0.25, -0.2) is 4.79 Å². The van der Waals surface area contributed by atoms with E-state index in [4.69, 9.17) is 10.8 Å². The molecule has 17 heavy (non-hydrogen) atoms. The lowest BCUT2D eigenvalue weighted by molar-refractivity contribution is -0.118. The molecule has 0 radical (unpaired) electrons. The first-order valence-electron chi connectivity index (χ1n) is 5.19. The van der Waals surface area contributed by atoms with E-state index in [1.807, 2.05) is 0 Å². The number of unbranched alkanes of at least 4 members (excludes halogenated alkanes) is 1. The van der Waals surface area contributed by atoms with Crippen LogP contribution in [0.15, 0.2) is 12.1 Å². The van der Waals surface area contributed by atoms with Crippen molar-refractivity contribution in [1.82, 2.24) is 10.2 Å². The standard InChI is InChI=1S/C10H14N4O3/c11-8(15)3-1-2-6-12-9-5-4-7(10(16)17)13-14-9/h4-5H,1-3,6H2,(H2,11,15)(H,12,14)(H,16,17). The molecule has 1 amide bonds. The molecule has 7 nitrogen and oxygen atoms in total. The van der Waals surface area contributed by atoms with Crippen LogP contribution in [-0.2, 0) is 4.79 Å². The molecular weight excluding hydrogens is 224 g/mol. The Labute approximate surface area is 98.0 Å². The van der Waals surface area contributed by atoms with Gasteiger partial charge in [0.05, 0.1) is 0 Å². The van der Waals surface area contributed by atoms with Gasteiger partial charge >= 0.3 is 5.97 Å². The molecule has 0 aromatic carbocycles. The van der Waals surface area contributed by atoms with Crippen molar-refractivity contribution < 1.29 is 14.7 Å². The fourth-order valence-electron chi connectivity index (χ4n) is 1.18. The fourth-order valence-corrected chi connectivity index (χ4v) is 1.18. The quantitative estimate of drug-likeness (QED) is 0.585. The monoisotopic (exact) mass is 238 g/mol. The molecule has 7 heteroatoms. The lowest BCUT2D eigenvalue weighted by atomic mass is 10.2. The average Bonchev–Trinajstić information content (AvgIpc) is 2.29. The van der Waals surface area contributed by atoms with Crippen molar-refractivity contribution in [1.29, 1.82) is 0 Å². The normalized spacial score (nSPS) is 9.88. The third kappa shape index (κ3) is 4.92. The second kappa shape index (κ2) is 6.41. The van der Waals surface area contributed by atoms with E-state index in [9.17, 15) is 9.59 Å². The zero-order valence-corrected chi connectivity index (χ0v) is 9.22. The summed E-state index contributed by atoms with van der Waals surface area (Å²) in [6.45, 7) is 0.633. The maximum Gasteiger partial charge on any atom is 0.356 e. The number of carboxylic acids is 1. The highest BCUT2D eigenvalue weighted by molar-refractivity contribution is 5.85. The molecule has 1 aromatic rings. The van der Waals surface area contributed by atoms with E-state index in [0.29, 0.717) is 25.2 Å². The molecule has 0 spiro atoms. The average molecular weight is 238 g/mol. The summed E-state index contributed by atoms with van der Waals surface area (Å²) in [7, 11) is 0. The highest BCUT2D eigenvalue weighted by Crippen LogP contribution is 2.03. The van der Waals surface area contributed by atoms with E-state index in [1.165, 1.54) is 6.07 Å². The van der Waals surface area contributed by atoms with E-state index in [-0.39, 0.29) is 11.6 Å². The number of hydrogen-bond donors (Lipinski definition) is 3. The van der Waals surface area contributed by atoms with Crippen LogP contribution in [0.25, 0.3) is 0 Å². The molecular formula is C10H14N4O3. The van der Waals surface area contributed by atoms with Gasteiger partial charge in [-0.05, 0) is 25.0 Å². The van der Waals surface area contributed by atoms with Crippen molar-refractivity contribution in [3.05, 3.63) is 17.8 Å². The Morgan fingerprint density at radius 1 is 1.29 bits per heavy atom. The number of nitrogens with one attached hydrogen (secondary N) is 1. The minimum absolute atomic E-state index is 0.0933. The molecule has 0 fully saturated rings. The summed E-state index contributed by atoms with van der Waals surface area (Å²) in [5.41, 5.74) is 4.90. The number of primary amides is 1. The van der Waals surface area contributed by atoms with Crippen molar-refractivity contribution in [2.75, 3.05) is 11.9 Å². The number of anilines is 1. The Bertz CT molecular complexity index is 391. The van der Waals surface area contributed by atoms with Gasteiger partial charge in [0, 0.05) is 13.0 Å².